The van der Waals surface area contributed by atoms with Gasteiger partial charge in [0.1, 0.15) is 0 Å². The Morgan fingerprint density at radius 2 is 0.841 bits per heavy atom. The Balaban J connectivity index is 1.12. The molecule has 0 saturated carbocycles. The van der Waals surface area contributed by atoms with Crippen LogP contribution in [-0.2, 0) is 0 Å². The van der Waals surface area contributed by atoms with Crippen LogP contribution in [0.25, 0.3) is 131 Å². The first kappa shape index (κ1) is 39.3. The van der Waals surface area contributed by atoms with Gasteiger partial charge in [0.05, 0.1) is 43.7 Å². The van der Waals surface area contributed by atoms with E-state index in [0.29, 0.717) is 5.82 Å². The lowest BCUT2D eigenvalue weighted by molar-refractivity contribution is 1.16. The van der Waals surface area contributed by atoms with Gasteiger partial charge in [0.25, 0.3) is 0 Å². The number of thiophene rings is 1. The van der Waals surface area contributed by atoms with Gasteiger partial charge in [-0.2, -0.15) is 0 Å². The van der Waals surface area contributed by atoms with E-state index in [4.69, 9.17) is 9.97 Å². The van der Waals surface area contributed by atoms with Crippen LogP contribution in [0.5, 0.6) is 0 Å². The summed E-state index contributed by atoms with van der Waals surface area (Å²) in [4.78, 5) is 10.8. The number of para-hydroxylation sites is 2. The molecule has 10 aromatic carbocycles. The fourth-order valence-corrected chi connectivity index (χ4v) is 11.7. The predicted molar refractivity (Wildman–Crippen MR) is 291 cm³/mol. The highest BCUT2D eigenvalue weighted by Gasteiger charge is 2.25. The minimum absolute atomic E-state index is 0.711. The lowest BCUT2D eigenvalue weighted by Crippen LogP contribution is -2.03. The summed E-state index contributed by atoms with van der Waals surface area (Å²) in [5.74, 6) is 0.711. The maximum Gasteiger partial charge on any atom is 0.160 e. The first-order chi connectivity index (χ1) is 34.2. The van der Waals surface area contributed by atoms with Crippen molar-refractivity contribution in [2.24, 2.45) is 0 Å². The van der Waals surface area contributed by atoms with Crippen molar-refractivity contribution >= 4 is 75.3 Å². The number of fused-ring (bicyclic) bond motifs is 9. The average molecular weight is 897 g/mol. The standard InChI is InChI=1S/C64H40N4S/c1-5-19-41(20-6-1)45-33-36-57-54(37-45)50-35-34-47(67-55-30-16-13-27-48(55)49-28-14-17-31-56(49)67)40-58(50)68(57)62-52(42-21-7-2-8-22-42)38-46(39-53(62)43-23-9-3-10-24-43)60-63-61(51-29-15-18-32-59(51)69-63)66-64(65-60)44-25-11-4-12-26-44/h1-40H. The summed E-state index contributed by atoms with van der Waals surface area (Å²) in [5, 5.41) is 5.99. The summed E-state index contributed by atoms with van der Waals surface area (Å²) >= 11 is 1.76. The lowest BCUT2D eigenvalue weighted by atomic mass is 9.91. The molecule has 14 rings (SSSR count). The SMILES string of the molecule is c1ccc(-c2ccc3c(c2)c2ccc(-n4c5ccccc5c5ccccc54)cc2n3-c2c(-c3ccccc3)cc(-c3nc(-c4ccccc4)nc4c3sc3ccccc34)cc2-c2ccccc2)cc1. The average Bonchev–Trinajstić information content (AvgIpc) is 4.08. The number of nitrogens with zero attached hydrogens (tertiary/aromatic N) is 4. The number of hydrogen-bond acceptors (Lipinski definition) is 3. The van der Waals surface area contributed by atoms with E-state index >= 15 is 0 Å². The number of aromatic nitrogens is 4. The zero-order valence-electron chi connectivity index (χ0n) is 37.3. The minimum atomic E-state index is 0.711. The molecule has 0 unspecified atom stereocenters. The fraction of sp³-hybridized carbons (Fsp3) is 0. The smallest absolute Gasteiger partial charge is 0.160 e. The summed E-state index contributed by atoms with van der Waals surface area (Å²) < 4.78 is 7.23. The highest BCUT2D eigenvalue weighted by molar-refractivity contribution is 7.26. The summed E-state index contributed by atoms with van der Waals surface area (Å²) in [7, 11) is 0. The number of hydrogen-bond donors (Lipinski definition) is 0. The van der Waals surface area contributed by atoms with Crippen molar-refractivity contribution in [2.45, 2.75) is 0 Å². The number of rotatable bonds is 7. The molecule has 0 atom stereocenters. The Bertz CT molecular complexity index is 4170. The molecule has 4 aromatic heterocycles. The normalized spacial score (nSPS) is 11.8. The van der Waals surface area contributed by atoms with E-state index < -0.39 is 0 Å². The quantitative estimate of drug-likeness (QED) is 0.160. The van der Waals surface area contributed by atoms with E-state index in [9.17, 15) is 0 Å². The van der Waals surface area contributed by atoms with Crippen LogP contribution in [0.15, 0.2) is 243 Å². The van der Waals surface area contributed by atoms with Crippen molar-refractivity contribution in [3.8, 4) is 67.4 Å². The molecule has 0 saturated heterocycles. The third-order valence-corrected chi connectivity index (χ3v) is 14.9. The minimum Gasteiger partial charge on any atom is -0.309 e. The molecule has 4 nitrogen and oxygen atoms in total. The van der Waals surface area contributed by atoms with Crippen molar-refractivity contribution in [3.63, 3.8) is 0 Å². The molecule has 0 fully saturated rings. The second-order valence-corrected chi connectivity index (χ2v) is 18.7. The van der Waals surface area contributed by atoms with Gasteiger partial charge in [-0.1, -0.05) is 188 Å². The van der Waals surface area contributed by atoms with Crippen molar-refractivity contribution in [2.75, 3.05) is 0 Å². The second kappa shape index (κ2) is 15.9. The van der Waals surface area contributed by atoms with E-state index in [1.807, 2.05) is 6.07 Å². The van der Waals surface area contributed by atoms with Crippen LogP contribution >= 0.6 is 11.3 Å². The molecule has 0 amide bonds. The second-order valence-electron chi connectivity index (χ2n) is 17.7. The predicted octanol–water partition coefficient (Wildman–Crippen LogP) is 17.4. The Kier molecular flexibility index (Phi) is 9.04. The molecular formula is C64H40N4S. The van der Waals surface area contributed by atoms with Gasteiger partial charge >= 0.3 is 0 Å². The van der Waals surface area contributed by atoms with Crippen LogP contribution in [0, 0.1) is 0 Å². The van der Waals surface area contributed by atoms with Crippen LogP contribution in [0.4, 0.5) is 0 Å². The highest BCUT2D eigenvalue weighted by Crippen LogP contribution is 2.47. The molecule has 0 aliphatic rings. The number of benzene rings is 10. The van der Waals surface area contributed by atoms with Gasteiger partial charge in [0.15, 0.2) is 5.82 Å². The Labute approximate surface area is 402 Å². The van der Waals surface area contributed by atoms with Crippen LogP contribution in [0.1, 0.15) is 0 Å². The molecule has 0 aliphatic heterocycles. The molecule has 14 aromatic rings. The molecule has 0 spiro atoms. The first-order valence-electron chi connectivity index (χ1n) is 23.4. The Hall–Kier alpha value is -8.90. The molecule has 0 aliphatic carbocycles. The topological polar surface area (TPSA) is 35.6 Å². The van der Waals surface area contributed by atoms with Gasteiger partial charge < -0.3 is 9.13 Å². The molecule has 0 N–H and O–H groups in total. The van der Waals surface area contributed by atoms with Crippen molar-refractivity contribution in [3.05, 3.63) is 243 Å². The molecule has 5 heteroatoms. The molecule has 0 radical (unpaired) electrons. The van der Waals surface area contributed by atoms with Gasteiger partial charge in [0.2, 0.25) is 0 Å². The van der Waals surface area contributed by atoms with Crippen LogP contribution in [0.2, 0.25) is 0 Å². The lowest BCUT2D eigenvalue weighted by Gasteiger charge is -2.21. The van der Waals surface area contributed by atoms with E-state index in [0.717, 1.165) is 77.1 Å². The van der Waals surface area contributed by atoms with E-state index in [2.05, 4.69) is 246 Å². The third-order valence-electron chi connectivity index (χ3n) is 13.7. The molecule has 69 heavy (non-hydrogen) atoms. The van der Waals surface area contributed by atoms with Gasteiger partial charge in [-0.05, 0) is 76.9 Å². The van der Waals surface area contributed by atoms with Crippen LogP contribution < -0.4 is 0 Å². The fourth-order valence-electron chi connectivity index (χ4n) is 10.6. The Morgan fingerprint density at radius 3 is 1.48 bits per heavy atom. The molecular weight excluding hydrogens is 857 g/mol. The first-order valence-corrected chi connectivity index (χ1v) is 24.2. The molecule has 4 heterocycles. The van der Waals surface area contributed by atoms with Crippen molar-refractivity contribution < 1.29 is 0 Å². The highest BCUT2D eigenvalue weighted by atomic mass is 32.1. The van der Waals surface area contributed by atoms with Gasteiger partial charge in [-0.3, -0.25) is 0 Å². The van der Waals surface area contributed by atoms with E-state index in [1.54, 1.807) is 11.3 Å². The molecule has 0 bridgehead atoms. The Morgan fingerprint density at radius 1 is 0.319 bits per heavy atom. The summed E-state index contributed by atoms with van der Waals surface area (Å²) in [6, 6.07) is 87.8. The maximum atomic E-state index is 5.52. The largest absolute Gasteiger partial charge is 0.309 e. The zero-order valence-corrected chi connectivity index (χ0v) is 38.1. The third kappa shape index (κ3) is 6.36. The van der Waals surface area contributed by atoms with Gasteiger partial charge in [-0.15, -0.1) is 11.3 Å². The van der Waals surface area contributed by atoms with E-state index in [-0.39, 0.29) is 0 Å². The summed E-state index contributed by atoms with van der Waals surface area (Å²) in [5.41, 5.74) is 17.5. The van der Waals surface area contributed by atoms with Crippen molar-refractivity contribution in [1.29, 1.82) is 0 Å². The van der Waals surface area contributed by atoms with Gasteiger partial charge in [-0.25, -0.2) is 9.97 Å². The summed E-state index contributed by atoms with van der Waals surface area (Å²) in [6.07, 6.45) is 0. The van der Waals surface area contributed by atoms with Crippen LogP contribution in [-0.4, -0.2) is 19.1 Å². The van der Waals surface area contributed by atoms with Crippen LogP contribution in [0.3, 0.4) is 0 Å². The monoisotopic (exact) mass is 896 g/mol. The molecule has 322 valence electrons. The maximum absolute atomic E-state index is 5.52. The summed E-state index contributed by atoms with van der Waals surface area (Å²) in [6.45, 7) is 0. The van der Waals surface area contributed by atoms with Crippen molar-refractivity contribution in [1.82, 2.24) is 19.1 Å². The van der Waals surface area contributed by atoms with Gasteiger partial charge in [0, 0.05) is 59.6 Å². The zero-order chi connectivity index (χ0) is 45.4. The van der Waals surface area contributed by atoms with E-state index in [1.165, 1.54) is 48.4 Å².